The summed E-state index contributed by atoms with van der Waals surface area (Å²) >= 11 is 1.69. The van der Waals surface area contributed by atoms with E-state index in [0.29, 0.717) is 11.5 Å². The Bertz CT molecular complexity index is 846. The van der Waals surface area contributed by atoms with Crippen molar-refractivity contribution in [2.45, 2.75) is 30.3 Å². The molecule has 0 radical (unpaired) electrons. The number of hydrogen-bond donors (Lipinski definition) is 2. The van der Waals surface area contributed by atoms with Gasteiger partial charge in [-0.25, -0.2) is 9.18 Å². The first kappa shape index (κ1) is 17.0. The second kappa shape index (κ2) is 7.07. The van der Waals surface area contributed by atoms with Crippen LogP contribution in [-0.2, 0) is 0 Å². The standard InChI is InChI=1S/C19H19FN2O3S/c1-11(12-2-4-16-17(8-12)25-10-24-16)21-19(23)22-15-6-7-26-18-5-3-13(20)9-14(15)18/h2-5,8-9,11,15H,6-7,10H2,1H3,(H2,21,22,23). The Morgan fingerprint density at radius 1 is 1.23 bits per heavy atom. The van der Waals surface area contributed by atoms with Crippen LogP contribution < -0.4 is 20.1 Å². The van der Waals surface area contributed by atoms with Crippen LogP contribution in [0.4, 0.5) is 9.18 Å². The number of carbonyl (C=O) groups is 1. The van der Waals surface area contributed by atoms with Gasteiger partial charge in [-0.3, -0.25) is 0 Å². The molecule has 2 aromatic carbocycles. The maximum absolute atomic E-state index is 13.6. The minimum Gasteiger partial charge on any atom is -0.454 e. The maximum Gasteiger partial charge on any atom is 0.315 e. The SMILES string of the molecule is CC(NC(=O)NC1CCSc2ccc(F)cc21)c1ccc2c(c1)OCO2. The van der Waals surface area contributed by atoms with Crippen molar-refractivity contribution in [2.75, 3.05) is 12.5 Å². The summed E-state index contributed by atoms with van der Waals surface area (Å²) < 4.78 is 24.3. The van der Waals surface area contributed by atoms with Crippen LogP contribution in [0.1, 0.15) is 36.6 Å². The fourth-order valence-electron chi connectivity index (χ4n) is 3.18. The highest BCUT2D eigenvalue weighted by atomic mass is 32.2. The number of fused-ring (bicyclic) bond motifs is 2. The van der Waals surface area contributed by atoms with Crippen LogP contribution in [0.5, 0.6) is 11.5 Å². The summed E-state index contributed by atoms with van der Waals surface area (Å²) in [7, 11) is 0. The molecule has 2 aliphatic heterocycles. The highest BCUT2D eigenvalue weighted by Gasteiger charge is 2.24. The van der Waals surface area contributed by atoms with Crippen molar-refractivity contribution >= 4 is 17.8 Å². The van der Waals surface area contributed by atoms with E-state index in [1.807, 2.05) is 25.1 Å². The highest BCUT2D eigenvalue weighted by molar-refractivity contribution is 7.99. The fraction of sp³-hybridized carbons (Fsp3) is 0.316. The molecule has 0 bridgehead atoms. The minimum absolute atomic E-state index is 0.189. The average Bonchev–Trinajstić information content (AvgIpc) is 3.10. The third-order valence-electron chi connectivity index (χ3n) is 4.56. The summed E-state index contributed by atoms with van der Waals surface area (Å²) in [5.41, 5.74) is 1.77. The smallest absolute Gasteiger partial charge is 0.315 e. The Labute approximate surface area is 155 Å². The van der Waals surface area contributed by atoms with Gasteiger partial charge in [-0.2, -0.15) is 0 Å². The van der Waals surface area contributed by atoms with Crippen molar-refractivity contribution in [3.8, 4) is 11.5 Å². The first-order chi connectivity index (χ1) is 12.6. The monoisotopic (exact) mass is 374 g/mol. The summed E-state index contributed by atoms with van der Waals surface area (Å²) in [5.74, 6) is 2.00. The molecule has 2 atom stereocenters. The molecule has 26 heavy (non-hydrogen) atoms. The number of hydrogen-bond acceptors (Lipinski definition) is 4. The first-order valence-electron chi connectivity index (χ1n) is 8.49. The Hall–Kier alpha value is -2.41. The molecule has 0 fully saturated rings. The number of amides is 2. The van der Waals surface area contributed by atoms with Gasteiger partial charge in [0.15, 0.2) is 11.5 Å². The van der Waals surface area contributed by atoms with Crippen LogP contribution in [0.15, 0.2) is 41.3 Å². The summed E-state index contributed by atoms with van der Waals surface area (Å²) in [5, 5.41) is 5.90. The predicted molar refractivity (Wildman–Crippen MR) is 97.1 cm³/mol. The van der Waals surface area contributed by atoms with Crippen LogP contribution in [0.25, 0.3) is 0 Å². The summed E-state index contributed by atoms with van der Waals surface area (Å²) in [6.45, 7) is 2.12. The topological polar surface area (TPSA) is 59.6 Å². The second-order valence-electron chi connectivity index (χ2n) is 6.32. The van der Waals surface area contributed by atoms with E-state index < -0.39 is 0 Å². The van der Waals surface area contributed by atoms with Crippen LogP contribution in [-0.4, -0.2) is 18.6 Å². The minimum atomic E-state index is -0.285. The normalized spacial score (nSPS) is 18.8. The van der Waals surface area contributed by atoms with Crippen LogP contribution >= 0.6 is 11.8 Å². The molecule has 4 rings (SSSR count). The molecule has 2 heterocycles. The summed E-state index contributed by atoms with van der Waals surface area (Å²) in [6, 6.07) is 9.68. The number of urea groups is 1. The lowest BCUT2D eigenvalue weighted by Crippen LogP contribution is -2.40. The van der Waals surface area contributed by atoms with E-state index in [1.54, 1.807) is 17.8 Å². The van der Waals surface area contributed by atoms with E-state index in [2.05, 4.69) is 10.6 Å². The number of thioether (sulfide) groups is 1. The molecule has 2 N–H and O–H groups in total. The lowest BCUT2D eigenvalue weighted by atomic mass is 10.0. The van der Waals surface area contributed by atoms with Gasteiger partial charge in [0.1, 0.15) is 5.82 Å². The van der Waals surface area contributed by atoms with Crippen molar-refractivity contribution in [3.63, 3.8) is 0 Å². The highest BCUT2D eigenvalue weighted by Crippen LogP contribution is 2.37. The average molecular weight is 374 g/mol. The van der Waals surface area contributed by atoms with E-state index in [9.17, 15) is 9.18 Å². The molecular weight excluding hydrogens is 355 g/mol. The zero-order valence-electron chi connectivity index (χ0n) is 14.3. The van der Waals surface area contributed by atoms with E-state index in [0.717, 1.165) is 28.2 Å². The van der Waals surface area contributed by atoms with Gasteiger partial charge in [0.2, 0.25) is 6.79 Å². The molecule has 5 nitrogen and oxygen atoms in total. The molecular formula is C19H19FN2O3S. The molecule has 0 saturated carbocycles. The maximum atomic E-state index is 13.6. The molecule has 136 valence electrons. The largest absolute Gasteiger partial charge is 0.454 e. The lowest BCUT2D eigenvalue weighted by Gasteiger charge is -2.27. The predicted octanol–water partition coefficient (Wildman–Crippen LogP) is 4.15. The van der Waals surface area contributed by atoms with E-state index in [1.165, 1.54) is 12.1 Å². The number of carbonyl (C=O) groups excluding carboxylic acids is 1. The van der Waals surface area contributed by atoms with Crippen LogP contribution in [0.3, 0.4) is 0 Å². The van der Waals surface area contributed by atoms with E-state index >= 15 is 0 Å². The van der Waals surface area contributed by atoms with Gasteiger partial charge >= 0.3 is 6.03 Å². The lowest BCUT2D eigenvalue weighted by molar-refractivity contribution is 0.174. The van der Waals surface area contributed by atoms with Crippen molar-refractivity contribution in [1.29, 1.82) is 0 Å². The van der Waals surface area contributed by atoms with Gasteiger partial charge < -0.3 is 20.1 Å². The molecule has 0 spiro atoms. The quantitative estimate of drug-likeness (QED) is 0.847. The summed E-state index contributed by atoms with van der Waals surface area (Å²) in [6.07, 6.45) is 0.771. The molecule has 2 aliphatic rings. The number of rotatable bonds is 3. The van der Waals surface area contributed by atoms with Gasteiger partial charge in [-0.15, -0.1) is 11.8 Å². The Morgan fingerprint density at radius 3 is 2.96 bits per heavy atom. The molecule has 0 aliphatic carbocycles. The second-order valence-corrected chi connectivity index (χ2v) is 7.46. The number of halogens is 1. The van der Waals surface area contributed by atoms with Gasteiger partial charge in [0.25, 0.3) is 0 Å². The molecule has 2 unspecified atom stereocenters. The van der Waals surface area contributed by atoms with Gasteiger partial charge in [-0.1, -0.05) is 6.07 Å². The molecule has 2 aromatic rings. The zero-order chi connectivity index (χ0) is 18.1. The molecule has 7 heteroatoms. The molecule has 2 amide bonds. The Morgan fingerprint density at radius 2 is 2.08 bits per heavy atom. The van der Waals surface area contributed by atoms with E-state index in [-0.39, 0.29) is 30.7 Å². The number of ether oxygens (including phenoxy) is 2. The van der Waals surface area contributed by atoms with Gasteiger partial charge in [0.05, 0.1) is 12.1 Å². The van der Waals surface area contributed by atoms with Crippen LogP contribution in [0.2, 0.25) is 0 Å². The number of nitrogens with one attached hydrogen (secondary N) is 2. The fourth-order valence-corrected chi connectivity index (χ4v) is 4.28. The molecule has 0 aromatic heterocycles. The van der Waals surface area contributed by atoms with Crippen molar-refractivity contribution < 1.29 is 18.7 Å². The van der Waals surface area contributed by atoms with Crippen LogP contribution in [0, 0.1) is 5.82 Å². The Kier molecular flexibility index (Phi) is 4.63. The van der Waals surface area contributed by atoms with Crippen molar-refractivity contribution in [3.05, 3.63) is 53.3 Å². The van der Waals surface area contributed by atoms with Crippen molar-refractivity contribution in [2.24, 2.45) is 0 Å². The van der Waals surface area contributed by atoms with Gasteiger partial charge in [0, 0.05) is 10.6 Å². The first-order valence-corrected chi connectivity index (χ1v) is 9.47. The third kappa shape index (κ3) is 3.44. The Balaban J connectivity index is 1.42. The zero-order valence-corrected chi connectivity index (χ0v) is 15.1. The summed E-state index contributed by atoms with van der Waals surface area (Å²) in [4.78, 5) is 13.5. The molecule has 0 saturated heterocycles. The van der Waals surface area contributed by atoms with Crippen molar-refractivity contribution in [1.82, 2.24) is 10.6 Å². The number of benzene rings is 2. The van der Waals surface area contributed by atoms with Gasteiger partial charge in [-0.05, 0) is 54.8 Å². The van der Waals surface area contributed by atoms with E-state index in [4.69, 9.17) is 9.47 Å². The third-order valence-corrected chi connectivity index (χ3v) is 5.68.